The molecule has 1 N–H and O–H groups in total. The summed E-state index contributed by atoms with van der Waals surface area (Å²) in [6.07, 6.45) is 3.57. The molecule has 14 heavy (non-hydrogen) atoms. The number of hydrogen-bond donors (Lipinski definition) is 1. The van der Waals surface area contributed by atoms with Crippen LogP contribution in [0.1, 0.15) is 11.1 Å². The van der Waals surface area contributed by atoms with Crippen LogP contribution in [0.15, 0.2) is 18.2 Å². The van der Waals surface area contributed by atoms with Gasteiger partial charge in [-0.2, -0.15) is 0 Å². The fraction of sp³-hybridized carbons (Fsp3) is 0.273. The minimum Gasteiger partial charge on any atom is -0.316 e. The van der Waals surface area contributed by atoms with E-state index in [2.05, 4.69) is 5.32 Å². The van der Waals surface area contributed by atoms with Gasteiger partial charge >= 0.3 is 0 Å². The largest absolute Gasteiger partial charge is 0.316 e. The average molecular weight is 214 g/mol. The van der Waals surface area contributed by atoms with Crippen LogP contribution in [-0.2, 0) is 0 Å². The Labute approximate surface area is 88.6 Å². The third-order valence-electron chi connectivity index (χ3n) is 1.90. The normalized spacial score (nSPS) is 11.1. The summed E-state index contributed by atoms with van der Waals surface area (Å²) in [6.45, 7) is 2.50. The van der Waals surface area contributed by atoms with Crippen LogP contribution < -0.4 is 5.32 Å². The van der Waals surface area contributed by atoms with Gasteiger partial charge in [-0.3, -0.25) is 0 Å². The molecule has 0 aliphatic heterocycles. The van der Waals surface area contributed by atoms with Crippen molar-refractivity contribution in [3.8, 4) is 0 Å². The molecule has 1 aromatic rings. The predicted octanol–water partition coefficient (Wildman–Crippen LogP) is 3.02. The second-order valence-electron chi connectivity index (χ2n) is 3.08. The van der Waals surface area contributed by atoms with E-state index in [1.807, 2.05) is 13.1 Å². The zero-order valence-corrected chi connectivity index (χ0v) is 9.03. The van der Waals surface area contributed by atoms with E-state index in [9.17, 15) is 4.39 Å². The van der Waals surface area contributed by atoms with Gasteiger partial charge in [0.1, 0.15) is 5.82 Å². The third kappa shape index (κ3) is 2.82. The van der Waals surface area contributed by atoms with E-state index < -0.39 is 0 Å². The predicted molar refractivity (Wildman–Crippen MR) is 59.1 cm³/mol. The van der Waals surface area contributed by atoms with E-state index in [0.717, 1.165) is 5.56 Å². The van der Waals surface area contributed by atoms with Crippen molar-refractivity contribution < 1.29 is 4.39 Å². The molecule has 3 heteroatoms. The number of halogens is 2. The summed E-state index contributed by atoms with van der Waals surface area (Å²) < 4.78 is 13.3. The SMILES string of the molecule is CNCC=Cc1cc(Cl)c(C)cc1F. The molecule has 0 saturated carbocycles. The van der Waals surface area contributed by atoms with E-state index in [1.54, 1.807) is 19.1 Å². The molecule has 1 rings (SSSR count). The molecule has 0 amide bonds. The van der Waals surface area contributed by atoms with Gasteiger partial charge < -0.3 is 5.32 Å². The molecule has 0 spiro atoms. The summed E-state index contributed by atoms with van der Waals surface area (Å²) in [5.74, 6) is -0.237. The smallest absolute Gasteiger partial charge is 0.130 e. The van der Waals surface area contributed by atoms with Crippen LogP contribution >= 0.6 is 11.6 Å². The molecule has 0 unspecified atom stereocenters. The van der Waals surface area contributed by atoms with E-state index in [0.29, 0.717) is 17.1 Å². The summed E-state index contributed by atoms with van der Waals surface area (Å²) in [7, 11) is 1.84. The Bertz CT molecular complexity index is 347. The quantitative estimate of drug-likeness (QED) is 0.814. The third-order valence-corrected chi connectivity index (χ3v) is 2.30. The lowest BCUT2D eigenvalue weighted by atomic mass is 10.1. The highest BCUT2D eigenvalue weighted by Crippen LogP contribution is 2.20. The highest BCUT2D eigenvalue weighted by molar-refractivity contribution is 6.31. The minimum atomic E-state index is -0.237. The molecule has 0 fully saturated rings. The molecule has 0 bridgehead atoms. The van der Waals surface area contributed by atoms with Crippen LogP contribution in [0.3, 0.4) is 0 Å². The highest BCUT2D eigenvalue weighted by atomic mass is 35.5. The Hall–Kier alpha value is -0.860. The number of nitrogens with one attached hydrogen (secondary N) is 1. The fourth-order valence-electron chi connectivity index (χ4n) is 1.09. The van der Waals surface area contributed by atoms with Crippen LogP contribution in [0, 0.1) is 12.7 Å². The first-order valence-electron chi connectivity index (χ1n) is 4.42. The van der Waals surface area contributed by atoms with Crippen LogP contribution in [0.2, 0.25) is 5.02 Å². The van der Waals surface area contributed by atoms with Crippen molar-refractivity contribution in [2.75, 3.05) is 13.6 Å². The molecule has 0 radical (unpaired) electrons. The first-order valence-corrected chi connectivity index (χ1v) is 4.79. The van der Waals surface area contributed by atoms with Crippen LogP contribution in [0.4, 0.5) is 4.39 Å². The number of benzene rings is 1. The summed E-state index contributed by atoms with van der Waals surface area (Å²) in [5, 5.41) is 3.53. The number of aryl methyl sites for hydroxylation is 1. The van der Waals surface area contributed by atoms with Crippen LogP contribution in [-0.4, -0.2) is 13.6 Å². The van der Waals surface area contributed by atoms with Crippen LogP contribution in [0.25, 0.3) is 6.08 Å². The zero-order valence-electron chi connectivity index (χ0n) is 8.27. The van der Waals surface area contributed by atoms with Crippen molar-refractivity contribution in [2.24, 2.45) is 0 Å². The van der Waals surface area contributed by atoms with Crippen molar-refractivity contribution >= 4 is 17.7 Å². The van der Waals surface area contributed by atoms with Gasteiger partial charge in [-0.05, 0) is 31.7 Å². The lowest BCUT2D eigenvalue weighted by molar-refractivity contribution is 0.624. The fourth-order valence-corrected chi connectivity index (χ4v) is 1.27. The first kappa shape index (κ1) is 11.2. The van der Waals surface area contributed by atoms with E-state index in [4.69, 9.17) is 11.6 Å². The van der Waals surface area contributed by atoms with Crippen molar-refractivity contribution in [1.29, 1.82) is 0 Å². The lowest BCUT2D eigenvalue weighted by Gasteiger charge is -2.01. The second kappa shape index (κ2) is 5.13. The molecule has 0 aromatic heterocycles. The van der Waals surface area contributed by atoms with Gasteiger partial charge in [0.2, 0.25) is 0 Å². The molecule has 0 heterocycles. The van der Waals surface area contributed by atoms with Gasteiger partial charge in [-0.15, -0.1) is 0 Å². The van der Waals surface area contributed by atoms with Crippen molar-refractivity contribution in [3.63, 3.8) is 0 Å². The monoisotopic (exact) mass is 213 g/mol. The summed E-state index contributed by atoms with van der Waals surface area (Å²) in [6, 6.07) is 3.08. The molecule has 0 atom stereocenters. The van der Waals surface area contributed by atoms with E-state index >= 15 is 0 Å². The van der Waals surface area contributed by atoms with Gasteiger partial charge in [-0.1, -0.05) is 23.8 Å². The number of hydrogen-bond acceptors (Lipinski definition) is 1. The van der Waals surface area contributed by atoms with Crippen molar-refractivity contribution in [2.45, 2.75) is 6.92 Å². The topological polar surface area (TPSA) is 12.0 Å². The molecule has 1 nitrogen and oxygen atoms in total. The van der Waals surface area contributed by atoms with Gasteiger partial charge in [0.25, 0.3) is 0 Å². The second-order valence-corrected chi connectivity index (χ2v) is 3.49. The lowest BCUT2D eigenvalue weighted by Crippen LogP contribution is -2.03. The Balaban J connectivity index is 2.92. The molecule has 1 aromatic carbocycles. The Morgan fingerprint density at radius 2 is 2.21 bits per heavy atom. The van der Waals surface area contributed by atoms with E-state index in [1.165, 1.54) is 6.07 Å². The molecular formula is C11H13ClFN. The highest BCUT2D eigenvalue weighted by Gasteiger charge is 2.02. The van der Waals surface area contributed by atoms with Crippen molar-refractivity contribution in [1.82, 2.24) is 5.32 Å². The van der Waals surface area contributed by atoms with Gasteiger partial charge in [0, 0.05) is 17.1 Å². The van der Waals surface area contributed by atoms with Crippen LogP contribution in [0.5, 0.6) is 0 Å². The van der Waals surface area contributed by atoms with Crippen molar-refractivity contribution in [3.05, 3.63) is 40.2 Å². The Kier molecular flexibility index (Phi) is 4.11. The summed E-state index contributed by atoms with van der Waals surface area (Å²) in [5.41, 5.74) is 1.28. The molecule has 76 valence electrons. The average Bonchev–Trinajstić information content (AvgIpc) is 2.14. The summed E-state index contributed by atoms with van der Waals surface area (Å²) >= 11 is 5.88. The maximum atomic E-state index is 13.3. The van der Waals surface area contributed by atoms with Gasteiger partial charge in [-0.25, -0.2) is 4.39 Å². The molecular weight excluding hydrogens is 201 g/mol. The number of rotatable bonds is 3. The number of likely N-dealkylation sites (N-methyl/N-ethyl adjacent to an activating group) is 1. The van der Waals surface area contributed by atoms with Gasteiger partial charge in [0.05, 0.1) is 0 Å². The van der Waals surface area contributed by atoms with E-state index in [-0.39, 0.29) is 5.82 Å². The summed E-state index contributed by atoms with van der Waals surface area (Å²) in [4.78, 5) is 0. The van der Waals surface area contributed by atoms with Gasteiger partial charge in [0.15, 0.2) is 0 Å². The Morgan fingerprint density at radius 1 is 1.50 bits per heavy atom. The molecule has 0 aliphatic carbocycles. The Morgan fingerprint density at radius 3 is 2.86 bits per heavy atom. The maximum absolute atomic E-state index is 13.3. The first-order chi connectivity index (χ1) is 6.65. The zero-order chi connectivity index (χ0) is 10.6. The minimum absolute atomic E-state index is 0.237. The standard InChI is InChI=1S/C11H13ClFN/c1-8-6-11(13)9(7-10(8)12)4-3-5-14-2/h3-4,6-7,14H,5H2,1-2H3. The molecule has 0 saturated heterocycles. The molecule has 0 aliphatic rings. The maximum Gasteiger partial charge on any atom is 0.130 e.